The van der Waals surface area contributed by atoms with Crippen LogP contribution in [0, 0.1) is 12.8 Å². The smallest absolute Gasteiger partial charge is 0.435 e. The lowest BCUT2D eigenvalue weighted by Crippen LogP contribution is -2.44. The Balaban J connectivity index is 1.64. The molecule has 1 fully saturated rings. The number of halogens is 4. The first-order chi connectivity index (χ1) is 14.3. The lowest BCUT2D eigenvalue weighted by Gasteiger charge is -2.37. The van der Waals surface area contributed by atoms with Crippen molar-refractivity contribution in [2.45, 2.75) is 43.0 Å². The van der Waals surface area contributed by atoms with Crippen molar-refractivity contribution in [1.29, 1.82) is 0 Å². The first kappa shape index (κ1) is 23.2. The molecule has 1 saturated heterocycles. The summed E-state index contributed by atoms with van der Waals surface area (Å²) < 4.78 is 46.8. The van der Waals surface area contributed by atoms with E-state index in [1.54, 1.807) is 14.0 Å². The van der Waals surface area contributed by atoms with Gasteiger partial charge in [0.05, 0.1) is 13.7 Å². The van der Waals surface area contributed by atoms with E-state index in [9.17, 15) is 13.2 Å². The van der Waals surface area contributed by atoms with Crippen LogP contribution in [0.2, 0.25) is 0 Å². The second kappa shape index (κ2) is 9.76. The summed E-state index contributed by atoms with van der Waals surface area (Å²) >= 11 is 2.33. The highest BCUT2D eigenvalue weighted by molar-refractivity contribution is 14.1. The fourth-order valence-electron chi connectivity index (χ4n) is 4.10. The van der Waals surface area contributed by atoms with E-state index in [0.29, 0.717) is 18.2 Å². The van der Waals surface area contributed by atoms with Crippen molar-refractivity contribution < 1.29 is 17.9 Å². The fourth-order valence-corrected chi connectivity index (χ4v) is 4.73. The lowest BCUT2D eigenvalue weighted by molar-refractivity contribution is -0.141. The molecule has 0 bridgehead atoms. The van der Waals surface area contributed by atoms with E-state index in [2.05, 4.69) is 56.1 Å². The molecule has 5 nitrogen and oxygen atoms in total. The van der Waals surface area contributed by atoms with Gasteiger partial charge in [0.25, 0.3) is 0 Å². The maximum atomic E-state index is 13.0. The Bertz CT molecular complexity index is 847. The van der Waals surface area contributed by atoms with E-state index in [1.165, 1.54) is 10.2 Å². The Morgan fingerprint density at radius 3 is 2.50 bits per heavy atom. The van der Waals surface area contributed by atoms with Crippen LogP contribution in [0.1, 0.15) is 29.8 Å². The zero-order chi connectivity index (χ0) is 21.9. The number of hydrogen-bond acceptors (Lipinski definition) is 4. The molecule has 0 aliphatic carbocycles. The number of rotatable bonds is 7. The molecule has 1 aromatic carbocycles. The zero-order valence-electron chi connectivity index (χ0n) is 17.5. The highest BCUT2D eigenvalue weighted by Gasteiger charge is 2.35. The molecule has 1 aromatic heterocycles. The van der Waals surface area contributed by atoms with Gasteiger partial charge >= 0.3 is 6.18 Å². The standard InChI is InChI=1S/C21H28F3IN4O/c1-14-10-20(21(22,23)24)27-29(14)13-18(26-2)15-6-8-28(9-7-15)17-5-4-16(12-25)19(11-17)30-3/h4-5,10-11,15,18,26H,6-9,12-13H2,1-3H3. The van der Waals surface area contributed by atoms with Gasteiger partial charge in [0.1, 0.15) is 5.75 Å². The Morgan fingerprint density at radius 1 is 1.27 bits per heavy atom. The average molecular weight is 536 g/mol. The topological polar surface area (TPSA) is 42.3 Å². The summed E-state index contributed by atoms with van der Waals surface area (Å²) in [6.07, 6.45) is -2.48. The second-order valence-electron chi connectivity index (χ2n) is 7.70. The molecule has 1 aliphatic rings. The third-order valence-electron chi connectivity index (χ3n) is 5.90. The molecule has 166 valence electrons. The fraction of sp³-hybridized carbons (Fsp3) is 0.571. The van der Waals surface area contributed by atoms with Gasteiger partial charge in [-0.05, 0) is 44.9 Å². The molecule has 1 unspecified atom stereocenters. The van der Waals surface area contributed by atoms with Crippen LogP contribution < -0.4 is 15.0 Å². The van der Waals surface area contributed by atoms with Crippen LogP contribution in [0.4, 0.5) is 18.9 Å². The van der Waals surface area contributed by atoms with Gasteiger partial charge < -0.3 is 15.0 Å². The Hall–Kier alpha value is -1.49. The molecule has 0 amide bonds. The van der Waals surface area contributed by atoms with Crippen molar-refractivity contribution in [3.63, 3.8) is 0 Å². The van der Waals surface area contributed by atoms with Crippen molar-refractivity contribution in [3.8, 4) is 5.75 Å². The van der Waals surface area contributed by atoms with E-state index in [4.69, 9.17) is 4.74 Å². The molecule has 1 aliphatic heterocycles. The molecule has 0 spiro atoms. The molecule has 0 saturated carbocycles. The molecule has 1 N–H and O–H groups in total. The monoisotopic (exact) mass is 536 g/mol. The minimum Gasteiger partial charge on any atom is -0.496 e. The summed E-state index contributed by atoms with van der Waals surface area (Å²) in [5.41, 5.74) is 2.04. The number of likely N-dealkylation sites (N-methyl/N-ethyl adjacent to an activating group) is 1. The summed E-state index contributed by atoms with van der Waals surface area (Å²) in [4.78, 5) is 2.35. The number of aromatic nitrogens is 2. The number of hydrogen-bond donors (Lipinski definition) is 1. The quantitative estimate of drug-likeness (QED) is 0.413. The predicted molar refractivity (Wildman–Crippen MR) is 120 cm³/mol. The molecule has 2 heterocycles. The summed E-state index contributed by atoms with van der Waals surface area (Å²) in [6, 6.07) is 7.53. The van der Waals surface area contributed by atoms with Crippen molar-refractivity contribution in [2.24, 2.45) is 5.92 Å². The number of methoxy groups -OCH3 is 1. The molecule has 30 heavy (non-hydrogen) atoms. The molecule has 0 radical (unpaired) electrons. The van der Waals surface area contributed by atoms with Gasteiger partial charge in [-0.3, -0.25) is 4.68 Å². The van der Waals surface area contributed by atoms with Crippen molar-refractivity contribution in [2.75, 3.05) is 32.1 Å². The third-order valence-corrected chi connectivity index (χ3v) is 6.72. The van der Waals surface area contributed by atoms with Gasteiger partial charge in [-0.25, -0.2) is 0 Å². The van der Waals surface area contributed by atoms with Crippen LogP contribution in [0.15, 0.2) is 24.3 Å². The largest absolute Gasteiger partial charge is 0.496 e. The third kappa shape index (κ3) is 5.22. The van der Waals surface area contributed by atoms with Crippen LogP contribution in [-0.4, -0.2) is 43.1 Å². The van der Waals surface area contributed by atoms with Crippen LogP contribution >= 0.6 is 22.6 Å². The van der Waals surface area contributed by atoms with Gasteiger partial charge in [0.15, 0.2) is 5.69 Å². The normalized spacial score (nSPS) is 16.7. The number of anilines is 1. The highest BCUT2D eigenvalue weighted by Crippen LogP contribution is 2.32. The van der Waals surface area contributed by atoms with Crippen molar-refractivity contribution in [3.05, 3.63) is 41.2 Å². The molecule has 9 heteroatoms. The van der Waals surface area contributed by atoms with Crippen LogP contribution in [0.5, 0.6) is 5.75 Å². The Labute approximate surface area is 189 Å². The average Bonchev–Trinajstić information content (AvgIpc) is 3.12. The minimum absolute atomic E-state index is 0.0720. The molecule has 2 aromatic rings. The maximum absolute atomic E-state index is 13.0. The van der Waals surface area contributed by atoms with Gasteiger partial charge in [0, 0.05) is 46.6 Å². The van der Waals surface area contributed by atoms with E-state index >= 15 is 0 Å². The Morgan fingerprint density at radius 2 is 1.97 bits per heavy atom. The number of aryl methyl sites for hydroxylation is 1. The van der Waals surface area contributed by atoms with Crippen molar-refractivity contribution in [1.82, 2.24) is 15.1 Å². The van der Waals surface area contributed by atoms with Gasteiger partial charge in [-0.15, -0.1) is 0 Å². The molecular weight excluding hydrogens is 508 g/mol. The van der Waals surface area contributed by atoms with E-state index in [1.807, 2.05) is 7.05 Å². The molecular formula is C21H28F3IN4O. The van der Waals surface area contributed by atoms with E-state index < -0.39 is 11.9 Å². The van der Waals surface area contributed by atoms with Crippen molar-refractivity contribution >= 4 is 28.3 Å². The first-order valence-electron chi connectivity index (χ1n) is 10.0. The van der Waals surface area contributed by atoms with Gasteiger partial charge in [0.2, 0.25) is 0 Å². The Kier molecular flexibility index (Phi) is 7.54. The van der Waals surface area contributed by atoms with Gasteiger partial charge in [-0.1, -0.05) is 28.7 Å². The molecule has 3 rings (SSSR count). The summed E-state index contributed by atoms with van der Waals surface area (Å²) in [7, 11) is 3.56. The number of piperidine rings is 1. The van der Waals surface area contributed by atoms with Crippen LogP contribution in [0.3, 0.4) is 0 Å². The van der Waals surface area contributed by atoms with Crippen LogP contribution in [-0.2, 0) is 17.1 Å². The number of nitrogens with zero attached hydrogens (tertiary/aromatic N) is 3. The highest BCUT2D eigenvalue weighted by atomic mass is 127. The summed E-state index contributed by atoms with van der Waals surface area (Å²) in [5.74, 6) is 1.28. The SMILES string of the molecule is CNC(Cn1nc(C(F)(F)F)cc1C)C1CCN(c2ccc(CI)c(OC)c2)CC1. The summed E-state index contributed by atoms with van der Waals surface area (Å²) in [6.45, 7) is 3.91. The van der Waals surface area contributed by atoms with Gasteiger partial charge in [-0.2, -0.15) is 18.3 Å². The molecule has 1 atom stereocenters. The number of benzene rings is 1. The number of alkyl halides is 4. The number of ether oxygens (including phenoxy) is 1. The van der Waals surface area contributed by atoms with E-state index in [0.717, 1.165) is 47.9 Å². The van der Waals surface area contributed by atoms with E-state index in [-0.39, 0.29) is 6.04 Å². The lowest BCUT2D eigenvalue weighted by atomic mass is 9.89. The number of nitrogens with one attached hydrogen (secondary N) is 1. The minimum atomic E-state index is -4.41. The van der Waals surface area contributed by atoms with Crippen LogP contribution in [0.25, 0.3) is 0 Å². The maximum Gasteiger partial charge on any atom is 0.435 e. The first-order valence-corrected chi connectivity index (χ1v) is 11.6. The zero-order valence-corrected chi connectivity index (χ0v) is 19.6. The second-order valence-corrected chi connectivity index (χ2v) is 8.46. The summed E-state index contributed by atoms with van der Waals surface area (Å²) in [5, 5.41) is 7.09. The predicted octanol–water partition coefficient (Wildman–Crippen LogP) is 4.66.